The molecular formula is C9H9FN4O3S. The number of H-pyrrole nitrogens is 1. The second kappa shape index (κ2) is 4.35. The van der Waals surface area contributed by atoms with E-state index in [4.69, 9.17) is 9.88 Å². The third-order valence-corrected chi connectivity index (χ3v) is 2.87. The summed E-state index contributed by atoms with van der Waals surface area (Å²) in [6, 6.07) is 4.02. The number of ether oxygens (including phenoxy) is 1. The number of nitrogens with zero attached hydrogens (tertiary/aromatic N) is 2. The minimum atomic E-state index is -3.96. The van der Waals surface area contributed by atoms with E-state index in [0.717, 1.165) is 6.07 Å². The van der Waals surface area contributed by atoms with E-state index in [1.165, 1.54) is 19.2 Å². The summed E-state index contributed by atoms with van der Waals surface area (Å²) in [5.41, 5.74) is 0.305. The number of aromatic amines is 1. The molecule has 9 heteroatoms. The fourth-order valence-electron chi connectivity index (χ4n) is 1.31. The average Bonchev–Trinajstić information content (AvgIpc) is 2.77. The van der Waals surface area contributed by atoms with E-state index in [1.807, 2.05) is 0 Å². The van der Waals surface area contributed by atoms with Crippen LogP contribution in [0.1, 0.15) is 0 Å². The fraction of sp³-hybridized carbons (Fsp3) is 0.111. The van der Waals surface area contributed by atoms with Gasteiger partial charge in [-0.15, -0.1) is 0 Å². The quantitative estimate of drug-likeness (QED) is 0.832. The van der Waals surface area contributed by atoms with Crippen LogP contribution >= 0.6 is 0 Å². The monoisotopic (exact) mass is 272 g/mol. The topological polar surface area (TPSA) is 111 Å². The highest BCUT2D eigenvalue weighted by Crippen LogP contribution is 2.23. The first-order chi connectivity index (χ1) is 8.41. The van der Waals surface area contributed by atoms with Crippen molar-refractivity contribution in [1.82, 2.24) is 15.2 Å². The summed E-state index contributed by atoms with van der Waals surface area (Å²) >= 11 is 0. The zero-order valence-corrected chi connectivity index (χ0v) is 10.0. The molecule has 0 amide bonds. The van der Waals surface area contributed by atoms with Gasteiger partial charge in [-0.3, -0.25) is 0 Å². The molecule has 0 bridgehead atoms. The summed E-state index contributed by atoms with van der Waals surface area (Å²) < 4.78 is 40.2. The number of hydrogen-bond acceptors (Lipinski definition) is 5. The van der Waals surface area contributed by atoms with Crippen LogP contribution in [0.5, 0.6) is 5.75 Å². The van der Waals surface area contributed by atoms with Crippen molar-refractivity contribution >= 4 is 10.0 Å². The Hall–Kier alpha value is -2.00. The predicted octanol–water partition coefficient (Wildman–Crippen LogP) is 0.267. The van der Waals surface area contributed by atoms with Crippen LogP contribution in [0.15, 0.2) is 23.4 Å². The number of primary sulfonamides is 1. The van der Waals surface area contributed by atoms with Gasteiger partial charge in [0, 0.05) is 5.56 Å². The van der Waals surface area contributed by atoms with E-state index in [2.05, 4.69) is 15.2 Å². The van der Waals surface area contributed by atoms with Crippen LogP contribution < -0.4 is 9.88 Å². The molecule has 0 saturated heterocycles. The van der Waals surface area contributed by atoms with Crippen molar-refractivity contribution < 1.29 is 17.5 Å². The van der Waals surface area contributed by atoms with E-state index in [-0.39, 0.29) is 11.6 Å². The Kier molecular flexibility index (Phi) is 3.01. The minimum absolute atomic E-state index is 0.0283. The Labute approximate surface area is 102 Å². The highest BCUT2D eigenvalue weighted by Gasteiger charge is 2.15. The second-order valence-electron chi connectivity index (χ2n) is 3.36. The van der Waals surface area contributed by atoms with Gasteiger partial charge in [0.2, 0.25) is 0 Å². The Balaban J connectivity index is 2.44. The lowest BCUT2D eigenvalue weighted by Gasteiger charge is -2.02. The number of nitrogens with two attached hydrogens (primary N) is 1. The van der Waals surface area contributed by atoms with Gasteiger partial charge in [-0.1, -0.05) is 0 Å². The number of aromatic nitrogens is 3. The lowest BCUT2D eigenvalue weighted by atomic mass is 10.2. The van der Waals surface area contributed by atoms with E-state index >= 15 is 0 Å². The normalized spacial score (nSPS) is 11.5. The van der Waals surface area contributed by atoms with Crippen LogP contribution in [-0.4, -0.2) is 30.7 Å². The minimum Gasteiger partial charge on any atom is -0.494 e. The van der Waals surface area contributed by atoms with Gasteiger partial charge in [0.05, 0.1) is 7.11 Å². The Bertz CT molecular complexity index is 683. The Morgan fingerprint density at radius 3 is 2.67 bits per heavy atom. The zero-order valence-electron chi connectivity index (χ0n) is 9.21. The number of benzene rings is 1. The van der Waals surface area contributed by atoms with Crippen molar-refractivity contribution in [2.75, 3.05) is 7.11 Å². The highest BCUT2D eigenvalue weighted by molar-refractivity contribution is 7.89. The van der Waals surface area contributed by atoms with E-state index in [9.17, 15) is 12.8 Å². The number of halogens is 1. The van der Waals surface area contributed by atoms with Crippen LogP contribution in [0.3, 0.4) is 0 Å². The van der Waals surface area contributed by atoms with Crippen LogP contribution in [0, 0.1) is 5.82 Å². The molecule has 0 atom stereocenters. The second-order valence-corrected chi connectivity index (χ2v) is 4.84. The Morgan fingerprint density at radius 2 is 2.17 bits per heavy atom. The summed E-state index contributed by atoms with van der Waals surface area (Å²) in [6.45, 7) is 0. The smallest absolute Gasteiger partial charge is 0.273 e. The first-order valence-corrected chi connectivity index (χ1v) is 6.25. The number of nitrogens with one attached hydrogen (secondary N) is 1. The molecule has 3 N–H and O–H groups in total. The lowest BCUT2D eigenvalue weighted by molar-refractivity contribution is 0.386. The first kappa shape index (κ1) is 12.5. The average molecular weight is 272 g/mol. The molecule has 1 heterocycles. The first-order valence-electron chi connectivity index (χ1n) is 4.71. The van der Waals surface area contributed by atoms with Crippen LogP contribution in [0.25, 0.3) is 11.4 Å². The molecular weight excluding hydrogens is 263 g/mol. The third kappa shape index (κ3) is 2.31. The van der Waals surface area contributed by atoms with E-state index in [1.54, 1.807) is 0 Å². The highest BCUT2D eigenvalue weighted by atomic mass is 32.2. The molecule has 7 nitrogen and oxygen atoms in total. The summed E-state index contributed by atoms with van der Waals surface area (Å²) in [5, 5.41) is 10.2. The molecule has 18 heavy (non-hydrogen) atoms. The third-order valence-electron chi connectivity index (χ3n) is 2.14. The molecule has 0 aliphatic rings. The van der Waals surface area contributed by atoms with Crippen molar-refractivity contribution in [3.05, 3.63) is 24.0 Å². The number of rotatable bonds is 3. The molecule has 2 rings (SSSR count). The molecule has 0 aliphatic carbocycles. The summed E-state index contributed by atoms with van der Waals surface area (Å²) in [4.78, 5) is 3.66. The van der Waals surface area contributed by atoms with Crippen molar-refractivity contribution in [3.63, 3.8) is 0 Å². The molecule has 0 saturated carbocycles. The standard InChI is InChI=1S/C9H9FN4O3S/c1-17-7-3-2-5(4-6(7)10)8-12-9(14-13-8)18(11,15)16/h2-4H,1H3,(H2,11,15,16)(H,12,13,14). The maximum atomic E-state index is 13.4. The number of methoxy groups -OCH3 is 1. The molecule has 0 fully saturated rings. The van der Waals surface area contributed by atoms with Gasteiger partial charge in [-0.05, 0) is 18.2 Å². The maximum Gasteiger partial charge on any atom is 0.273 e. The zero-order chi connectivity index (χ0) is 13.3. The Morgan fingerprint density at radius 1 is 1.44 bits per heavy atom. The molecule has 96 valence electrons. The van der Waals surface area contributed by atoms with Crippen molar-refractivity contribution in [3.8, 4) is 17.1 Å². The van der Waals surface area contributed by atoms with Crippen LogP contribution in [0.4, 0.5) is 4.39 Å². The van der Waals surface area contributed by atoms with Crippen molar-refractivity contribution in [1.29, 1.82) is 0 Å². The van der Waals surface area contributed by atoms with Gasteiger partial charge in [0.25, 0.3) is 15.2 Å². The predicted molar refractivity (Wildman–Crippen MR) is 59.7 cm³/mol. The molecule has 0 unspecified atom stereocenters. The van der Waals surface area contributed by atoms with Gasteiger partial charge < -0.3 is 4.74 Å². The van der Waals surface area contributed by atoms with Gasteiger partial charge in [-0.25, -0.2) is 23.0 Å². The molecule has 0 spiro atoms. The molecule has 0 aliphatic heterocycles. The van der Waals surface area contributed by atoms with Crippen LogP contribution in [0.2, 0.25) is 0 Å². The molecule has 0 radical (unpaired) electrons. The number of sulfonamides is 1. The van der Waals surface area contributed by atoms with Crippen molar-refractivity contribution in [2.45, 2.75) is 5.16 Å². The summed E-state index contributed by atoms with van der Waals surface area (Å²) in [5.74, 6) is -0.501. The van der Waals surface area contributed by atoms with Gasteiger partial charge in [-0.2, -0.15) is 10.1 Å². The molecule has 1 aromatic heterocycles. The summed E-state index contributed by atoms with van der Waals surface area (Å²) in [7, 11) is -2.62. The van der Waals surface area contributed by atoms with Gasteiger partial charge >= 0.3 is 0 Å². The fourth-order valence-corrected chi connectivity index (χ4v) is 1.70. The van der Waals surface area contributed by atoms with E-state index in [0.29, 0.717) is 5.56 Å². The maximum absolute atomic E-state index is 13.4. The molecule has 1 aromatic carbocycles. The van der Waals surface area contributed by atoms with Crippen LogP contribution in [-0.2, 0) is 10.0 Å². The number of hydrogen-bond donors (Lipinski definition) is 2. The summed E-state index contributed by atoms with van der Waals surface area (Å²) in [6.07, 6.45) is 0. The van der Waals surface area contributed by atoms with Gasteiger partial charge in [0.15, 0.2) is 17.4 Å². The largest absolute Gasteiger partial charge is 0.494 e. The molecule has 2 aromatic rings. The van der Waals surface area contributed by atoms with E-state index < -0.39 is 21.0 Å². The van der Waals surface area contributed by atoms with Gasteiger partial charge in [0.1, 0.15) is 0 Å². The van der Waals surface area contributed by atoms with Crippen molar-refractivity contribution in [2.24, 2.45) is 5.14 Å². The SMILES string of the molecule is COc1ccc(-c2n[nH]c(S(N)(=O)=O)n2)cc1F. The lowest BCUT2D eigenvalue weighted by Crippen LogP contribution is -2.13.